The number of nitrogens with one attached hydrogen (secondary N) is 2. The Morgan fingerprint density at radius 2 is 2.03 bits per heavy atom. The van der Waals surface area contributed by atoms with Gasteiger partial charge in [-0.05, 0) is 61.2 Å². The molecule has 8 nitrogen and oxygen atoms in total. The van der Waals surface area contributed by atoms with Crippen LogP contribution in [0.1, 0.15) is 52.1 Å². The van der Waals surface area contributed by atoms with Crippen LogP contribution in [0.3, 0.4) is 0 Å². The van der Waals surface area contributed by atoms with E-state index < -0.39 is 0 Å². The average molecular weight is 484 g/mol. The van der Waals surface area contributed by atoms with Crippen molar-refractivity contribution in [2.45, 2.75) is 50.4 Å². The number of carbonyl (C=O) groups is 3. The summed E-state index contributed by atoms with van der Waals surface area (Å²) < 4.78 is 12.2. The second kappa shape index (κ2) is 9.76. The van der Waals surface area contributed by atoms with Crippen molar-refractivity contribution in [1.29, 1.82) is 0 Å². The minimum absolute atomic E-state index is 0.0222. The zero-order valence-electron chi connectivity index (χ0n) is 19.1. The third-order valence-corrected chi connectivity index (χ3v) is 7.58. The van der Waals surface area contributed by atoms with Gasteiger partial charge in [-0.25, -0.2) is 0 Å². The number of anilines is 1. The van der Waals surface area contributed by atoms with E-state index in [4.69, 9.17) is 9.47 Å². The summed E-state index contributed by atoms with van der Waals surface area (Å²) >= 11 is 1.36. The SMILES string of the molecule is CN1C(=O)c2cc(NC(=O)c3cccs3)ccc2OC[C@H]2O[C@H](CC(=O)NCC3CC3)CC[C@@H]21. The molecule has 1 aliphatic carbocycles. The van der Waals surface area contributed by atoms with Gasteiger partial charge in [-0.3, -0.25) is 14.4 Å². The lowest BCUT2D eigenvalue weighted by Crippen LogP contribution is -2.54. The summed E-state index contributed by atoms with van der Waals surface area (Å²) in [5, 5.41) is 7.69. The fourth-order valence-electron chi connectivity index (χ4n) is 4.56. The molecule has 0 spiro atoms. The number of ether oxygens (including phenoxy) is 2. The Bertz CT molecular complexity index is 1070. The first kappa shape index (κ1) is 22.9. The number of likely N-dealkylation sites (N-methyl/N-ethyl adjacent to an activating group) is 1. The number of amides is 3. The van der Waals surface area contributed by atoms with Crippen LogP contribution in [0.2, 0.25) is 0 Å². The van der Waals surface area contributed by atoms with Crippen LogP contribution in [0.5, 0.6) is 5.75 Å². The molecule has 0 bridgehead atoms. The average Bonchev–Trinajstić information content (AvgIpc) is 3.50. The highest BCUT2D eigenvalue weighted by molar-refractivity contribution is 7.12. The molecule has 1 saturated heterocycles. The molecule has 2 fully saturated rings. The van der Waals surface area contributed by atoms with Gasteiger partial charge in [0.25, 0.3) is 11.8 Å². The van der Waals surface area contributed by atoms with Gasteiger partial charge in [0.15, 0.2) is 0 Å². The lowest BCUT2D eigenvalue weighted by Gasteiger charge is -2.42. The molecular formula is C25H29N3O5S. The van der Waals surface area contributed by atoms with Gasteiger partial charge in [0, 0.05) is 19.3 Å². The van der Waals surface area contributed by atoms with Gasteiger partial charge >= 0.3 is 0 Å². The third-order valence-electron chi connectivity index (χ3n) is 6.71. The molecule has 0 radical (unpaired) electrons. The molecule has 5 rings (SSSR count). The fraction of sp³-hybridized carbons (Fsp3) is 0.480. The monoisotopic (exact) mass is 483 g/mol. The second-order valence-corrected chi connectivity index (χ2v) is 10.2. The summed E-state index contributed by atoms with van der Waals surface area (Å²) in [6.45, 7) is 1.04. The number of hydrogen-bond donors (Lipinski definition) is 2. The highest BCUT2D eigenvalue weighted by Gasteiger charge is 2.39. The first-order valence-electron chi connectivity index (χ1n) is 11.8. The van der Waals surface area contributed by atoms with E-state index in [2.05, 4.69) is 10.6 Å². The smallest absolute Gasteiger partial charge is 0.265 e. The van der Waals surface area contributed by atoms with Gasteiger partial charge in [-0.2, -0.15) is 0 Å². The maximum atomic E-state index is 13.3. The van der Waals surface area contributed by atoms with E-state index in [0.29, 0.717) is 40.6 Å². The number of nitrogens with zero attached hydrogens (tertiary/aromatic N) is 1. The Kier molecular flexibility index (Phi) is 6.56. The van der Waals surface area contributed by atoms with Gasteiger partial charge in [0.1, 0.15) is 18.5 Å². The minimum atomic E-state index is -0.310. The van der Waals surface area contributed by atoms with Crippen LogP contribution < -0.4 is 15.4 Å². The molecule has 3 heterocycles. The topological polar surface area (TPSA) is 97.0 Å². The number of thiophene rings is 1. The van der Waals surface area contributed by atoms with Gasteiger partial charge in [-0.1, -0.05) is 6.07 Å². The number of benzene rings is 1. The lowest BCUT2D eigenvalue weighted by atomic mass is 9.94. The Morgan fingerprint density at radius 1 is 1.18 bits per heavy atom. The van der Waals surface area contributed by atoms with Crippen molar-refractivity contribution in [3.8, 4) is 5.75 Å². The highest BCUT2D eigenvalue weighted by Crippen LogP contribution is 2.33. The molecule has 0 unspecified atom stereocenters. The van der Waals surface area contributed by atoms with E-state index in [0.717, 1.165) is 13.0 Å². The van der Waals surface area contributed by atoms with Crippen molar-refractivity contribution in [2.24, 2.45) is 5.92 Å². The van der Waals surface area contributed by atoms with E-state index in [9.17, 15) is 14.4 Å². The molecule has 1 saturated carbocycles. The van der Waals surface area contributed by atoms with Crippen molar-refractivity contribution in [3.63, 3.8) is 0 Å². The Labute approximate surface area is 202 Å². The van der Waals surface area contributed by atoms with Gasteiger partial charge in [0.2, 0.25) is 5.91 Å². The van der Waals surface area contributed by atoms with E-state index in [1.165, 1.54) is 24.2 Å². The number of fused-ring (bicyclic) bond motifs is 2. The molecule has 1 aromatic heterocycles. The molecule has 3 aliphatic rings. The largest absolute Gasteiger partial charge is 0.490 e. The normalized spacial score (nSPS) is 24.2. The quantitative estimate of drug-likeness (QED) is 0.657. The summed E-state index contributed by atoms with van der Waals surface area (Å²) in [6, 6.07) is 8.53. The summed E-state index contributed by atoms with van der Waals surface area (Å²) in [7, 11) is 1.78. The Morgan fingerprint density at radius 3 is 2.79 bits per heavy atom. The van der Waals surface area contributed by atoms with E-state index in [1.807, 2.05) is 11.4 Å². The maximum Gasteiger partial charge on any atom is 0.265 e. The van der Waals surface area contributed by atoms with Crippen molar-refractivity contribution in [3.05, 3.63) is 46.2 Å². The van der Waals surface area contributed by atoms with Crippen LogP contribution >= 0.6 is 11.3 Å². The third kappa shape index (κ3) is 5.10. The summed E-state index contributed by atoms with van der Waals surface area (Å²) in [6.07, 6.45) is 3.69. The first-order chi connectivity index (χ1) is 16.5. The van der Waals surface area contributed by atoms with Crippen molar-refractivity contribution in [1.82, 2.24) is 10.2 Å². The standard InChI is InChI=1S/C25H29N3O5S/c1-28-19-8-7-17(12-23(29)26-13-15-4-5-15)33-21(19)14-32-20-9-6-16(11-18(20)25(28)31)27-24(30)22-3-2-10-34-22/h2-3,6,9-11,15,17,19,21H,4-5,7-8,12-14H2,1H3,(H,26,29)(H,27,30)/t17-,19-,21+/m0/s1. The van der Waals surface area contributed by atoms with Crippen LogP contribution in [-0.4, -0.2) is 61.1 Å². The van der Waals surface area contributed by atoms with E-state index in [-0.39, 0.29) is 42.6 Å². The Balaban J connectivity index is 1.25. The molecule has 9 heteroatoms. The van der Waals surface area contributed by atoms with Gasteiger partial charge < -0.3 is 25.0 Å². The molecular weight excluding hydrogens is 454 g/mol. The van der Waals surface area contributed by atoms with E-state index >= 15 is 0 Å². The zero-order valence-corrected chi connectivity index (χ0v) is 19.9. The predicted molar refractivity (Wildman–Crippen MR) is 128 cm³/mol. The lowest BCUT2D eigenvalue weighted by molar-refractivity contribution is -0.134. The first-order valence-corrected chi connectivity index (χ1v) is 12.7. The molecule has 3 atom stereocenters. The molecule has 2 aliphatic heterocycles. The molecule has 3 amide bonds. The van der Waals surface area contributed by atoms with Gasteiger partial charge in [0.05, 0.1) is 29.0 Å². The minimum Gasteiger partial charge on any atom is -0.490 e. The van der Waals surface area contributed by atoms with Crippen molar-refractivity contribution >= 4 is 34.7 Å². The maximum absolute atomic E-state index is 13.3. The molecule has 180 valence electrons. The molecule has 2 N–H and O–H groups in total. The highest BCUT2D eigenvalue weighted by atomic mass is 32.1. The summed E-state index contributed by atoms with van der Waals surface area (Å²) in [5.74, 6) is 0.729. The van der Waals surface area contributed by atoms with Crippen LogP contribution in [-0.2, 0) is 9.53 Å². The zero-order chi connectivity index (χ0) is 23.7. The predicted octanol–water partition coefficient (Wildman–Crippen LogP) is 3.30. The summed E-state index contributed by atoms with van der Waals surface area (Å²) in [4.78, 5) is 40.3. The molecule has 1 aromatic carbocycles. The number of rotatable bonds is 6. The molecule has 2 aromatic rings. The van der Waals surface area contributed by atoms with Crippen molar-refractivity contribution in [2.75, 3.05) is 25.5 Å². The van der Waals surface area contributed by atoms with Crippen LogP contribution in [0.15, 0.2) is 35.7 Å². The fourth-order valence-corrected chi connectivity index (χ4v) is 5.18. The van der Waals surface area contributed by atoms with Crippen LogP contribution in [0, 0.1) is 5.92 Å². The summed E-state index contributed by atoms with van der Waals surface area (Å²) in [5.41, 5.74) is 0.947. The van der Waals surface area contributed by atoms with Crippen molar-refractivity contribution < 1.29 is 23.9 Å². The second-order valence-electron chi connectivity index (χ2n) is 9.26. The Hall–Kier alpha value is -2.91. The van der Waals surface area contributed by atoms with E-state index in [1.54, 1.807) is 36.2 Å². The van der Waals surface area contributed by atoms with Gasteiger partial charge in [-0.15, -0.1) is 11.3 Å². The van der Waals surface area contributed by atoms with Crippen LogP contribution in [0.25, 0.3) is 0 Å². The molecule has 34 heavy (non-hydrogen) atoms. The number of carbonyl (C=O) groups excluding carboxylic acids is 3. The number of hydrogen-bond acceptors (Lipinski definition) is 6. The van der Waals surface area contributed by atoms with Crippen LogP contribution in [0.4, 0.5) is 5.69 Å².